The molecule has 0 radical (unpaired) electrons. The zero-order valence-corrected chi connectivity index (χ0v) is 25.2. The second-order valence-electron chi connectivity index (χ2n) is 11.8. The largest absolute Gasteiger partial charge is 0.324 e. The Hall–Kier alpha value is -5.09. The summed E-state index contributed by atoms with van der Waals surface area (Å²) in [6.45, 7) is 4.33. The summed E-state index contributed by atoms with van der Waals surface area (Å²) in [7, 11) is 0. The van der Waals surface area contributed by atoms with Gasteiger partial charge in [-0.2, -0.15) is 0 Å². The monoisotopic (exact) mass is 572 g/mol. The fourth-order valence-electron chi connectivity index (χ4n) is 6.22. The smallest absolute Gasteiger partial charge is 0.166 e. The first-order valence-corrected chi connectivity index (χ1v) is 15.5. The van der Waals surface area contributed by atoms with Gasteiger partial charge in [-0.1, -0.05) is 128 Å². The number of rotatable bonds is 6. The maximum Gasteiger partial charge on any atom is 0.166 e. The first-order chi connectivity index (χ1) is 21.6. The quantitative estimate of drug-likeness (QED) is 0.246. The van der Waals surface area contributed by atoms with Crippen LogP contribution in [-0.2, 0) is 0 Å². The average molecular weight is 573 g/mol. The molecule has 4 nitrogen and oxygen atoms in total. The lowest BCUT2D eigenvalue weighted by Gasteiger charge is -2.25. The lowest BCUT2D eigenvalue weighted by atomic mass is 9.92. The van der Waals surface area contributed by atoms with E-state index in [4.69, 9.17) is 15.0 Å². The molecule has 4 heteroatoms. The summed E-state index contributed by atoms with van der Waals surface area (Å²) >= 11 is 0. The molecule has 2 atom stereocenters. The van der Waals surface area contributed by atoms with Crippen molar-refractivity contribution in [2.45, 2.75) is 39.3 Å². The third-order valence-electron chi connectivity index (χ3n) is 8.48. The van der Waals surface area contributed by atoms with Crippen molar-refractivity contribution >= 4 is 23.0 Å². The maximum absolute atomic E-state index is 5.20. The number of hydrogen-bond donors (Lipinski definition) is 1. The summed E-state index contributed by atoms with van der Waals surface area (Å²) in [5.41, 5.74) is 11.7. The Morgan fingerprint density at radius 3 is 1.91 bits per heavy atom. The number of allylic oxidation sites excluding steroid dienone is 5. The van der Waals surface area contributed by atoms with Gasteiger partial charge in [0.15, 0.2) is 6.17 Å². The van der Waals surface area contributed by atoms with E-state index < -0.39 is 0 Å². The van der Waals surface area contributed by atoms with Crippen LogP contribution < -0.4 is 5.32 Å². The van der Waals surface area contributed by atoms with E-state index in [9.17, 15) is 0 Å². The number of benzene rings is 4. The molecule has 0 bridgehead atoms. The Morgan fingerprint density at radius 2 is 1.23 bits per heavy atom. The minimum Gasteiger partial charge on any atom is -0.324 e. The van der Waals surface area contributed by atoms with Gasteiger partial charge in [-0.05, 0) is 71.6 Å². The highest BCUT2D eigenvalue weighted by Gasteiger charge is 2.24. The molecule has 0 aromatic heterocycles. The van der Waals surface area contributed by atoms with E-state index in [1.54, 1.807) is 0 Å². The molecule has 4 aromatic carbocycles. The van der Waals surface area contributed by atoms with Gasteiger partial charge in [-0.25, -0.2) is 9.98 Å². The zero-order chi connectivity index (χ0) is 29.9. The summed E-state index contributed by atoms with van der Waals surface area (Å²) in [6.07, 6.45) is 9.26. The van der Waals surface area contributed by atoms with Crippen molar-refractivity contribution in [3.63, 3.8) is 0 Å². The lowest BCUT2D eigenvalue weighted by molar-refractivity contribution is 0.743. The molecular formula is C40H36N4. The highest BCUT2D eigenvalue weighted by molar-refractivity contribution is 6.16. The summed E-state index contributed by atoms with van der Waals surface area (Å²) < 4.78 is 0. The molecule has 2 heterocycles. The number of nitrogens with zero attached hydrogens (tertiary/aromatic N) is 3. The fourth-order valence-corrected chi connectivity index (χ4v) is 6.22. The van der Waals surface area contributed by atoms with Crippen molar-refractivity contribution in [2.75, 3.05) is 0 Å². The van der Waals surface area contributed by atoms with Crippen LogP contribution in [0, 0.1) is 5.92 Å². The SMILES string of the molecule is CC1=CC(C)CC(c2cccc(C3=NC(C4=CC=C(c5ccccc5)CC4)N=C(c4ccc(-c5ccccc5)cc4)N3)c2)=N1. The Morgan fingerprint density at radius 1 is 0.614 bits per heavy atom. The molecule has 0 spiro atoms. The Labute approximate surface area is 260 Å². The minimum atomic E-state index is -0.287. The fraction of sp³-hybridized carbons (Fsp3) is 0.175. The van der Waals surface area contributed by atoms with Gasteiger partial charge in [0.1, 0.15) is 11.7 Å². The Kier molecular flexibility index (Phi) is 7.72. The zero-order valence-electron chi connectivity index (χ0n) is 25.2. The van der Waals surface area contributed by atoms with Gasteiger partial charge >= 0.3 is 0 Å². The van der Waals surface area contributed by atoms with Crippen LogP contribution in [0.3, 0.4) is 0 Å². The van der Waals surface area contributed by atoms with Crippen LogP contribution in [0.2, 0.25) is 0 Å². The van der Waals surface area contributed by atoms with E-state index in [0.29, 0.717) is 5.92 Å². The van der Waals surface area contributed by atoms with E-state index >= 15 is 0 Å². The van der Waals surface area contributed by atoms with Crippen LogP contribution in [0.5, 0.6) is 0 Å². The predicted octanol–water partition coefficient (Wildman–Crippen LogP) is 9.01. The predicted molar refractivity (Wildman–Crippen MR) is 184 cm³/mol. The van der Waals surface area contributed by atoms with E-state index in [1.807, 2.05) is 6.07 Å². The second-order valence-corrected chi connectivity index (χ2v) is 11.8. The van der Waals surface area contributed by atoms with Crippen LogP contribution in [0.1, 0.15) is 55.4 Å². The number of hydrogen-bond acceptors (Lipinski definition) is 4. The van der Waals surface area contributed by atoms with Crippen molar-refractivity contribution in [1.29, 1.82) is 0 Å². The summed E-state index contributed by atoms with van der Waals surface area (Å²) in [6, 6.07) is 38.4. The van der Waals surface area contributed by atoms with Gasteiger partial charge in [-0.15, -0.1) is 0 Å². The first kappa shape index (κ1) is 27.7. The molecular weight excluding hydrogens is 536 g/mol. The maximum atomic E-state index is 5.20. The van der Waals surface area contributed by atoms with Crippen molar-refractivity contribution in [3.05, 3.63) is 161 Å². The molecule has 0 amide bonds. The Balaban J connectivity index is 1.24. The van der Waals surface area contributed by atoms with Gasteiger partial charge in [0.2, 0.25) is 0 Å². The van der Waals surface area contributed by atoms with Crippen molar-refractivity contribution in [1.82, 2.24) is 5.32 Å². The molecule has 44 heavy (non-hydrogen) atoms. The molecule has 1 N–H and O–H groups in total. The van der Waals surface area contributed by atoms with E-state index in [1.165, 1.54) is 27.8 Å². The lowest BCUT2D eigenvalue weighted by Crippen LogP contribution is -2.38. The molecule has 4 aromatic rings. The van der Waals surface area contributed by atoms with Crippen LogP contribution in [-0.4, -0.2) is 23.5 Å². The summed E-state index contributed by atoms with van der Waals surface area (Å²) in [4.78, 5) is 15.3. The van der Waals surface area contributed by atoms with Crippen LogP contribution in [0.25, 0.3) is 16.7 Å². The van der Waals surface area contributed by atoms with Crippen molar-refractivity contribution in [2.24, 2.45) is 20.9 Å². The highest BCUT2D eigenvalue weighted by Crippen LogP contribution is 2.31. The molecule has 2 aliphatic heterocycles. The molecule has 3 aliphatic rings. The normalized spacial score (nSPS) is 19.9. The van der Waals surface area contributed by atoms with Gasteiger partial charge in [0, 0.05) is 22.5 Å². The van der Waals surface area contributed by atoms with Crippen LogP contribution in [0.4, 0.5) is 0 Å². The van der Waals surface area contributed by atoms with Gasteiger partial charge in [-0.3, -0.25) is 4.99 Å². The molecule has 0 fully saturated rings. The highest BCUT2D eigenvalue weighted by atomic mass is 15.2. The van der Waals surface area contributed by atoms with Crippen LogP contribution >= 0.6 is 0 Å². The van der Waals surface area contributed by atoms with Crippen molar-refractivity contribution < 1.29 is 0 Å². The standard InChI is InChI=1S/C40H36N4/c1-27-24-28(2)41-37(25-27)35-14-9-15-36(26-35)40-43-38(33-20-16-31(17-21-33)29-10-5-3-6-11-29)42-39(44-40)34-22-18-32(19-23-34)30-12-7-4-8-13-30/h3-18,20-22,24,26-27,39H,19,23,25H2,1-2H3,(H,42,43,44). The molecule has 7 rings (SSSR count). The summed E-state index contributed by atoms with van der Waals surface area (Å²) in [5, 5.41) is 3.60. The van der Waals surface area contributed by atoms with E-state index in [2.05, 4.69) is 141 Å². The number of amidine groups is 2. The van der Waals surface area contributed by atoms with Gasteiger partial charge < -0.3 is 5.32 Å². The van der Waals surface area contributed by atoms with Gasteiger partial charge in [0.05, 0.1) is 0 Å². The molecule has 0 saturated carbocycles. The average Bonchev–Trinajstić information content (AvgIpc) is 3.09. The van der Waals surface area contributed by atoms with Crippen LogP contribution in [0.15, 0.2) is 154 Å². The van der Waals surface area contributed by atoms with Crippen molar-refractivity contribution in [3.8, 4) is 11.1 Å². The number of nitrogens with one attached hydrogen (secondary N) is 1. The third-order valence-corrected chi connectivity index (χ3v) is 8.48. The first-order valence-electron chi connectivity index (χ1n) is 15.5. The van der Waals surface area contributed by atoms with E-state index in [-0.39, 0.29) is 6.17 Å². The van der Waals surface area contributed by atoms with E-state index in [0.717, 1.165) is 59.0 Å². The van der Waals surface area contributed by atoms with Gasteiger partial charge in [0.25, 0.3) is 0 Å². The molecule has 0 saturated heterocycles. The molecule has 2 unspecified atom stereocenters. The molecule has 1 aliphatic carbocycles. The third kappa shape index (κ3) is 6.02. The second kappa shape index (κ2) is 12.3. The summed E-state index contributed by atoms with van der Waals surface area (Å²) in [5.74, 6) is 2.15. The molecule has 216 valence electrons. The topological polar surface area (TPSA) is 49.1 Å². The minimum absolute atomic E-state index is 0.287. The number of aliphatic imine (C=N–C) groups is 3. The Bertz CT molecular complexity index is 1860.